The van der Waals surface area contributed by atoms with Crippen molar-refractivity contribution in [3.63, 3.8) is 0 Å². The van der Waals surface area contributed by atoms with E-state index in [2.05, 4.69) is 235 Å². The summed E-state index contributed by atoms with van der Waals surface area (Å²) >= 11 is 0. The molecule has 0 spiro atoms. The largest absolute Gasteiger partial charge is 0.456 e. The summed E-state index contributed by atoms with van der Waals surface area (Å²) in [5.41, 5.74) is 9.40. The van der Waals surface area contributed by atoms with Crippen LogP contribution >= 0.6 is 0 Å². The summed E-state index contributed by atoms with van der Waals surface area (Å²) in [4.78, 5) is 2.38. The van der Waals surface area contributed by atoms with E-state index in [1.807, 2.05) is 0 Å². The molecular formula is C60H38BNO. The molecule has 63 heavy (non-hydrogen) atoms. The molecule has 0 atom stereocenters. The van der Waals surface area contributed by atoms with Gasteiger partial charge in [-0.25, -0.2) is 0 Å². The lowest BCUT2D eigenvalue weighted by Gasteiger charge is -2.29. The van der Waals surface area contributed by atoms with Gasteiger partial charge in [0.1, 0.15) is 11.5 Å². The van der Waals surface area contributed by atoms with Gasteiger partial charge in [-0.3, -0.25) is 0 Å². The number of anilines is 3. The van der Waals surface area contributed by atoms with Gasteiger partial charge in [0.2, 0.25) is 6.71 Å². The van der Waals surface area contributed by atoms with Crippen LogP contribution in [0.15, 0.2) is 231 Å². The summed E-state index contributed by atoms with van der Waals surface area (Å²) in [5.74, 6) is 1.72. The van der Waals surface area contributed by atoms with Crippen molar-refractivity contribution in [2.75, 3.05) is 4.90 Å². The predicted molar refractivity (Wildman–Crippen MR) is 269 cm³/mol. The molecule has 1 aliphatic rings. The van der Waals surface area contributed by atoms with Crippen LogP contribution in [0.2, 0.25) is 0 Å². The minimum atomic E-state index is 0.0140. The lowest BCUT2D eigenvalue weighted by Crippen LogP contribution is -2.52. The van der Waals surface area contributed by atoms with Crippen LogP contribution in [0.25, 0.3) is 75.8 Å². The molecule has 1 aliphatic heterocycles. The van der Waals surface area contributed by atoms with E-state index in [9.17, 15) is 0 Å². The standard InChI is InChI=1S/C60H38BNO/c1-3-20-41(21-4-1)61(55-31-15-19-39-17-7-10-25-45(39)55)56-38-53-51-30-16-32-58-60(51)54(37-52(53)47-27-11-13-28-48(47)56)50-34-33-43(36-59(50)63-58)62(42-22-5-2-6-23-42)57-35-40-18-8-9-24-44(40)46-26-12-14-29-49(46)57/h1-38H. The maximum absolute atomic E-state index is 7.04. The smallest absolute Gasteiger partial charge is 0.242 e. The number of rotatable bonds is 6. The van der Waals surface area contributed by atoms with Gasteiger partial charge in [0.15, 0.2) is 0 Å². The molecule has 0 radical (unpaired) electrons. The van der Waals surface area contributed by atoms with Gasteiger partial charge >= 0.3 is 0 Å². The molecule has 0 N–H and O–H groups in total. The molecule has 0 unspecified atom stereocenters. The Morgan fingerprint density at radius 3 is 1.73 bits per heavy atom. The molecule has 0 fully saturated rings. The molecule has 12 aromatic rings. The van der Waals surface area contributed by atoms with Gasteiger partial charge in [0.05, 0.1) is 5.69 Å². The summed E-state index contributed by atoms with van der Waals surface area (Å²) in [5, 5.41) is 14.7. The van der Waals surface area contributed by atoms with Crippen LogP contribution in [0.3, 0.4) is 0 Å². The fourth-order valence-corrected chi connectivity index (χ4v) is 10.6. The summed E-state index contributed by atoms with van der Waals surface area (Å²) in [7, 11) is 0. The highest BCUT2D eigenvalue weighted by molar-refractivity contribution is 6.98. The average molecular weight is 800 g/mol. The van der Waals surface area contributed by atoms with Crippen LogP contribution in [-0.4, -0.2) is 6.71 Å². The van der Waals surface area contributed by atoms with E-state index in [0.717, 1.165) is 39.5 Å². The van der Waals surface area contributed by atoms with Crippen molar-refractivity contribution < 1.29 is 4.74 Å². The second kappa shape index (κ2) is 14.2. The number of benzene rings is 12. The minimum absolute atomic E-state index is 0.0140. The topological polar surface area (TPSA) is 12.5 Å². The monoisotopic (exact) mass is 799 g/mol. The summed E-state index contributed by atoms with van der Waals surface area (Å²) < 4.78 is 7.04. The van der Waals surface area contributed by atoms with E-state index < -0.39 is 0 Å². The number of fused-ring (bicyclic) bond motifs is 10. The number of hydrogen-bond acceptors (Lipinski definition) is 2. The summed E-state index contributed by atoms with van der Waals surface area (Å²) in [6.45, 7) is 0.0140. The van der Waals surface area contributed by atoms with Gasteiger partial charge in [-0.1, -0.05) is 198 Å². The molecule has 13 rings (SSSR count). The maximum atomic E-state index is 7.04. The van der Waals surface area contributed by atoms with E-state index in [1.165, 1.54) is 81.2 Å². The van der Waals surface area contributed by atoms with Crippen LogP contribution in [0.1, 0.15) is 0 Å². The highest BCUT2D eigenvalue weighted by Crippen LogP contribution is 2.52. The van der Waals surface area contributed by atoms with Crippen molar-refractivity contribution in [2.45, 2.75) is 0 Å². The molecule has 0 bridgehead atoms. The van der Waals surface area contributed by atoms with E-state index in [4.69, 9.17) is 4.74 Å². The van der Waals surface area contributed by atoms with Gasteiger partial charge < -0.3 is 9.64 Å². The Hall–Kier alpha value is -8.14. The fraction of sp³-hybridized carbons (Fsp3) is 0. The average Bonchev–Trinajstić information content (AvgIpc) is 3.35. The van der Waals surface area contributed by atoms with Crippen molar-refractivity contribution in [1.82, 2.24) is 0 Å². The first kappa shape index (κ1) is 35.6. The van der Waals surface area contributed by atoms with Crippen LogP contribution < -0.4 is 26.0 Å². The molecule has 12 aromatic carbocycles. The van der Waals surface area contributed by atoms with Gasteiger partial charge in [-0.15, -0.1) is 0 Å². The molecule has 0 amide bonds. The van der Waals surface area contributed by atoms with Crippen LogP contribution in [0.5, 0.6) is 11.5 Å². The first-order valence-electron chi connectivity index (χ1n) is 21.8. The summed E-state index contributed by atoms with van der Waals surface area (Å²) in [6.07, 6.45) is 0. The second-order valence-electron chi connectivity index (χ2n) is 16.7. The molecule has 1 heterocycles. The molecule has 0 saturated carbocycles. The Balaban J connectivity index is 1.03. The summed E-state index contributed by atoms with van der Waals surface area (Å²) in [6, 6.07) is 84.2. The first-order valence-corrected chi connectivity index (χ1v) is 21.8. The molecule has 0 aliphatic carbocycles. The van der Waals surface area contributed by atoms with Crippen LogP contribution in [-0.2, 0) is 0 Å². The van der Waals surface area contributed by atoms with Crippen molar-refractivity contribution in [3.8, 4) is 22.6 Å². The highest BCUT2D eigenvalue weighted by atomic mass is 16.5. The maximum Gasteiger partial charge on any atom is 0.242 e. The Morgan fingerprint density at radius 2 is 0.921 bits per heavy atom. The SMILES string of the molecule is c1ccc(B(c2cccc3ccccc23)c2cc3c4cccc5c4c(cc3c3ccccc23)-c2ccc(N(c3ccccc3)c3cc4ccccc4c4ccccc34)cc2O5)cc1. The number of nitrogens with zero attached hydrogens (tertiary/aromatic N) is 1. The zero-order valence-electron chi connectivity index (χ0n) is 34.4. The van der Waals surface area contributed by atoms with E-state index in [0.29, 0.717) is 0 Å². The lowest BCUT2D eigenvalue weighted by molar-refractivity contribution is 0.487. The first-order chi connectivity index (χ1) is 31.3. The van der Waals surface area contributed by atoms with Crippen molar-refractivity contribution in [2.24, 2.45) is 0 Å². The molecular weight excluding hydrogens is 761 g/mol. The Labute approximate surface area is 365 Å². The molecule has 292 valence electrons. The Bertz CT molecular complexity index is 3780. The fourth-order valence-electron chi connectivity index (χ4n) is 10.6. The van der Waals surface area contributed by atoms with E-state index >= 15 is 0 Å². The zero-order chi connectivity index (χ0) is 41.4. The van der Waals surface area contributed by atoms with Gasteiger partial charge in [0.25, 0.3) is 0 Å². The Kier molecular flexibility index (Phi) is 8.04. The van der Waals surface area contributed by atoms with Gasteiger partial charge in [-0.2, -0.15) is 0 Å². The molecule has 2 nitrogen and oxygen atoms in total. The van der Waals surface area contributed by atoms with Gasteiger partial charge in [-0.05, 0) is 102 Å². The zero-order valence-corrected chi connectivity index (χ0v) is 34.4. The number of para-hydroxylation sites is 1. The third-order valence-corrected chi connectivity index (χ3v) is 13.3. The number of hydrogen-bond donors (Lipinski definition) is 0. The van der Waals surface area contributed by atoms with Gasteiger partial charge in [0, 0.05) is 33.8 Å². The van der Waals surface area contributed by atoms with E-state index in [-0.39, 0.29) is 6.71 Å². The third kappa shape index (κ3) is 5.60. The highest BCUT2D eigenvalue weighted by Gasteiger charge is 2.29. The van der Waals surface area contributed by atoms with Crippen molar-refractivity contribution >= 4 is 105 Å². The molecule has 0 saturated heterocycles. The lowest BCUT2D eigenvalue weighted by atomic mass is 9.35. The van der Waals surface area contributed by atoms with Crippen LogP contribution in [0, 0.1) is 0 Å². The van der Waals surface area contributed by atoms with Crippen LogP contribution in [0.4, 0.5) is 17.1 Å². The number of ether oxygens (including phenoxy) is 1. The minimum Gasteiger partial charge on any atom is -0.456 e. The third-order valence-electron chi connectivity index (χ3n) is 13.3. The predicted octanol–water partition coefficient (Wildman–Crippen LogP) is 14.4. The van der Waals surface area contributed by atoms with E-state index in [1.54, 1.807) is 0 Å². The molecule has 0 aromatic heterocycles. The second-order valence-corrected chi connectivity index (χ2v) is 16.7. The molecule has 3 heteroatoms. The van der Waals surface area contributed by atoms with Crippen molar-refractivity contribution in [3.05, 3.63) is 231 Å². The normalized spacial score (nSPS) is 11.9. The quantitative estimate of drug-likeness (QED) is 0.123. The van der Waals surface area contributed by atoms with Crippen molar-refractivity contribution in [1.29, 1.82) is 0 Å². The Morgan fingerprint density at radius 1 is 0.317 bits per heavy atom.